The maximum Gasteiger partial charge on any atom is 0.0769 e. The minimum absolute atomic E-state index is 0.330. The van der Waals surface area contributed by atoms with Crippen molar-refractivity contribution in [2.24, 2.45) is 17.7 Å². The molecule has 19 heavy (non-hydrogen) atoms. The Balaban J connectivity index is 1.92. The molecule has 3 N–H and O–H groups in total. The molecule has 3 heteroatoms. The van der Waals surface area contributed by atoms with Crippen molar-refractivity contribution >= 4 is 0 Å². The van der Waals surface area contributed by atoms with Gasteiger partial charge in [-0.15, -0.1) is 0 Å². The van der Waals surface area contributed by atoms with Crippen LogP contribution < -0.4 is 11.3 Å². The molecule has 0 aromatic heterocycles. The highest BCUT2D eigenvalue weighted by Gasteiger charge is 2.32. The summed E-state index contributed by atoms with van der Waals surface area (Å²) < 4.78 is 6.10. The number of hydrazine groups is 1. The number of hydrogen-bond acceptors (Lipinski definition) is 3. The first-order valence-electron chi connectivity index (χ1n) is 8.42. The predicted octanol–water partition coefficient (Wildman–Crippen LogP) is 3.38. The fraction of sp³-hybridized carbons (Fsp3) is 1.00. The average Bonchev–Trinajstić information content (AvgIpc) is 2.96. The Morgan fingerprint density at radius 1 is 1.05 bits per heavy atom. The molecule has 0 aromatic carbocycles. The molecule has 2 aliphatic carbocycles. The molecule has 0 spiro atoms. The van der Waals surface area contributed by atoms with E-state index in [9.17, 15) is 0 Å². The Morgan fingerprint density at radius 2 is 1.68 bits per heavy atom. The lowest BCUT2D eigenvalue weighted by Crippen LogP contribution is -2.49. The lowest BCUT2D eigenvalue weighted by atomic mass is 9.80. The van der Waals surface area contributed by atoms with Gasteiger partial charge in [0.25, 0.3) is 0 Å². The van der Waals surface area contributed by atoms with Crippen LogP contribution in [0.4, 0.5) is 0 Å². The summed E-state index contributed by atoms with van der Waals surface area (Å²) in [5, 5.41) is 0. The largest absolute Gasteiger partial charge is 0.377 e. The quantitative estimate of drug-likeness (QED) is 0.549. The predicted molar refractivity (Wildman–Crippen MR) is 79.7 cm³/mol. The molecule has 2 rings (SSSR count). The molecule has 2 unspecified atom stereocenters. The Hall–Kier alpha value is -0.120. The Bertz CT molecular complexity index is 235. The first kappa shape index (κ1) is 15.3. The SMILES string of the molecule is CCOC(C1CCCCC1)C(CC1CCCC1)NN. The molecule has 0 aromatic rings. The van der Waals surface area contributed by atoms with Crippen LogP contribution in [0.25, 0.3) is 0 Å². The highest BCUT2D eigenvalue weighted by Crippen LogP contribution is 2.34. The van der Waals surface area contributed by atoms with Gasteiger partial charge >= 0.3 is 0 Å². The van der Waals surface area contributed by atoms with E-state index in [0.717, 1.165) is 18.4 Å². The third kappa shape index (κ3) is 4.44. The van der Waals surface area contributed by atoms with Crippen LogP contribution in [0.3, 0.4) is 0 Å². The topological polar surface area (TPSA) is 47.3 Å². The summed E-state index contributed by atoms with van der Waals surface area (Å²) in [6.45, 7) is 2.92. The fourth-order valence-corrected chi connectivity index (χ4v) is 4.14. The third-order valence-electron chi connectivity index (χ3n) is 5.15. The number of ether oxygens (including phenoxy) is 1. The molecule has 0 heterocycles. The van der Waals surface area contributed by atoms with Crippen LogP contribution >= 0.6 is 0 Å². The number of nitrogens with two attached hydrogens (primary N) is 1. The molecular formula is C16H32N2O. The summed E-state index contributed by atoms with van der Waals surface area (Å²) in [5.41, 5.74) is 3.09. The van der Waals surface area contributed by atoms with E-state index in [1.54, 1.807) is 0 Å². The van der Waals surface area contributed by atoms with Crippen LogP contribution in [-0.2, 0) is 4.74 Å². The smallest absolute Gasteiger partial charge is 0.0769 e. The summed E-state index contributed by atoms with van der Waals surface area (Å²) in [6, 6.07) is 0.353. The lowest BCUT2D eigenvalue weighted by Gasteiger charge is -2.36. The van der Waals surface area contributed by atoms with Gasteiger partial charge in [-0.05, 0) is 38.0 Å². The van der Waals surface area contributed by atoms with Crippen LogP contribution in [0.2, 0.25) is 0 Å². The van der Waals surface area contributed by atoms with Gasteiger partial charge in [0.1, 0.15) is 0 Å². The van der Waals surface area contributed by atoms with Crippen molar-refractivity contribution in [2.45, 2.75) is 83.3 Å². The molecule has 3 nitrogen and oxygen atoms in total. The van der Waals surface area contributed by atoms with E-state index in [2.05, 4.69) is 12.3 Å². The van der Waals surface area contributed by atoms with Crippen LogP contribution in [0.1, 0.15) is 71.1 Å². The van der Waals surface area contributed by atoms with Crippen LogP contribution in [0.15, 0.2) is 0 Å². The van der Waals surface area contributed by atoms with Crippen molar-refractivity contribution in [1.29, 1.82) is 0 Å². The second-order valence-electron chi connectivity index (χ2n) is 6.48. The van der Waals surface area contributed by atoms with E-state index in [1.807, 2.05) is 0 Å². The van der Waals surface area contributed by atoms with Gasteiger partial charge in [0.2, 0.25) is 0 Å². The highest BCUT2D eigenvalue weighted by molar-refractivity contribution is 4.86. The van der Waals surface area contributed by atoms with Crippen molar-refractivity contribution in [1.82, 2.24) is 5.43 Å². The first-order valence-corrected chi connectivity index (χ1v) is 8.42. The molecule has 2 atom stereocenters. The van der Waals surface area contributed by atoms with Crippen molar-refractivity contribution in [3.63, 3.8) is 0 Å². The second-order valence-corrected chi connectivity index (χ2v) is 6.48. The maximum absolute atomic E-state index is 6.10. The molecule has 0 aliphatic heterocycles. The van der Waals surface area contributed by atoms with Gasteiger partial charge < -0.3 is 4.74 Å². The molecule has 112 valence electrons. The van der Waals surface area contributed by atoms with Crippen LogP contribution in [0.5, 0.6) is 0 Å². The summed E-state index contributed by atoms with van der Waals surface area (Å²) in [6.07, 6.45) is 13.9. The van der Waals surface area contributed by atoms with Gasteiger partial charge in [-0.1, -0.05) is 44.9 Å². The van der Waals surface area contributed by atoms with E-state index >= 15 is 0 Å². The minimum Gasteiger partial charge on any atom is -0.377 e. The zero-order valence-electron chi connectivity index (χ0n) is 12.6. The molecular weight excluding hydrogens is 236 g/mol. The molecule has 0 radical (unpaired) electrons. The standard InChI is InChI=1S/C16H32N2O/c1-2-19-16(14-10-4-3-5-11-14)15(18-17)12-13-8-6-7-9-13/h13-16,18H,2-12,17H2,1H3. The zero-order chi connectivity index (χ0) is 13.5. The van der Waals surface area contributed by atoms with E-state index in [0.29, 0.717) is 12.1 Å². The molecule has 0 bridgehead atoms. The van der Waals surface area contributed by atoms with E-state index in [1.165, 1.54) is 64.2 Å². The van der Waals surface area contributed by atoms with E-state index in [4.69, 9.17) is 10.6 Å². The van der Waals surface area contributed by atoms with Gasteiger partial charge in [-0.2, -0.15) is 0 Å². The summed E-state index contributed by atoms with van der Waals surface area (Å²) in [7, 11) is 0. The van der Waals surface area contributed by atoms with Crippen molar-refractivity contribution in [2.75, 3.05) is 6.61 Å². The number of rotatable bonds is 7. The molecule has 0 amide bonds. The van der Waals surface area contributed by atoms with Gasteiger partial charge in [0.15, 0.2) is 0 Å². The Morgan fingerprint density at radius 3 is 2.26 bits per heavy atom. The van der Waals surface area contributed by atoms with Gasteiger partial charge in [-0.3, -0.25) is 11.3 Å². The van der Waals surface area contributed by atoms with Crippen molar-refractivity contribution in [3.05, 3.63) is 0 Å². The first-order chi connectivity index (χ1) is 9.35. The fourth-order valence-electron chi connectivity index (χ4n) is 4.14. The van der Waals surface area contributed by atoms with E-state index in [-0.39, 0.29) is 0 Å². The average molecular weight is 268 g/mol. The summed E-state index contributed by atoms with van der Waals surface area (Å²) in [5.74, 6) is 7.45. The number of nitrogens with one attached hydrogen (secondary N) is 1. The van der Waals surface area contributed by atoms with Gasteiger partial charge in [0, 0.05) is 12.6 Å². The van der Waals surface area contributed by atoms with Crippen molar-refractivity contribution in [3.8, 4) is 0 Å². The summed E-state index contributed by atoms with van der Waals surface area (Å²) >= 11 is 0. The van der Waals surface area contributed by atoms with Crippen molar-refractivity contribution < 1.29 is 4.74 Å². The highest BCUT2D eigenvalue weighted by atomic mass is 16.5. The number of hydrogen-bond donors (Lipinski definition) is 2. The third-order valence-corrected chi connectivity index (χ3v) is 5.15. The molecule has 2 fully saturated rings. The Labute approximate surface area is 118 Å². The zero-order valence-corrected chi connectivity index (χ0v) is 12.6. The molecule has 2 saturated carbocycles. The minimum atomic E-state index is 0.330. The van der Waals surface area contributed by atoms with Gasteiger partial charge in [-0.25, -0.2) is 0 Å². The monoisotopic (exact) mass is 268 g/mol. The second kappa shape index (κ2) is 8.23. The summed E-state index contributed by atoms with van der Waals surface area (Å²) in [4.78, 5) is 0. The van der Waals surface area contributed by atoms with Crippen LogP contribution in [0, 0.1) is 11.8 Å². The lowest BCUT2D eigenvalue weighted by molar-refractivity contribution is -0.0226. The maximum atomic E-state index is 6.10. The van der Waals surface area contributed by atoms with E-state index < -0.39 is 0 Å². The normalized spacial score (nSPS) is 25.6. The molecule has 0 saturated heterocycles. The van der Waals surface area contributed by atoms with Crippen LogP contribution in [-0.4, -0.2) is 18.8 Å². The Kier molecular flexibility index (Phi) is 6.62. The van der Waals surface area contributed by atoms with Gasteiger partial charge in [0.05, 0.1) is 6.10 Å². The molecule has 2 aliphatic rings.